The molecule has 0 saturated carbocycles. The summed E-state index contributed by atoms with van der Waals surface area (Å²) in [5, 5.41) is 2.51. The van der Waals surface area contributed by atoms with E-state index in [1.807, 2.05) is 15.7 Å². The lowest BCUT2D eigenvalue weighted by atomic mass is 10.0. The lowest BCUT2D eigenvalue weighted by molar-refractivity contribution is 0.0678. The average molecular weight is 313 g/mol. The first-order valence-corrected chi connectivity index (χ1v) is 7.64. The van der Waals surface area contributed by atoms with Crippen LogP contribution in [0.25, 0.3) is 0 Å². The van der Waals surface area contributed by atoms with E-state index in [0.29, 0.717) is 17.8 Å². The van der Waals surface area contributed by atoms with Gasteiger partial charge < -0.3 is 14.8 Å². The Morgan fingerprint density at radius 1 is 1.35 bits per heavy atom. The van der Waals surface area contributed by atoms with E-state index < -0.39 is 0 Å². The molecule has 2 aromatic heterocycles. The van der Waals surface area contributed by atoms with Crippen LogP contribution in [0.2, 0.25) is 0 Å². The normalized spacial score (nSPS) is 17.8. The van der Waals surface area contributed by atoms with Gasteiger partial charge >= 0.3 is 0 Å². The molecule has 1 aliphatic rings. The van der Waals surface area contributed by atoms with Gasteiger partial charge in [0.1, 0.15) is 5.69 Å². The maximum absolute atomic E-state index is 12.6. The summed E-state index contributed by atoms with van der Waals surface area (Å²) < 4.78 is 2.05. The van der Waals surface area contributed by atoms with Gasteiger partial charge in [-0.05, 0) is 25.0 Å². The van der Waals surface area contributed by atoms with Crippen molar-refractivity contribution >= 4 is 11.8 Å². The minimum Gasteiger partial charge on any atom is -0.354 e. The molecule has 23 heavy (non-hydrogen) atoms. The Kier molecular flexibility index (Phi) is 4.36. The fraction of sp³-hybridized carbons (Fsp3) is 0.375. The van der Waals surface area contributed by atoms with Gasteiger partial charge in [0.25, 0.3) is 11.8 Å². The van der Waals surface area contributed by atoms with Gasteiger partial charge in [-0.2, -0.15) is 0 Å². The van der Waals surface area contributed by atoms with Crippen molar-refractivity contribution in [3.8, 4) is 0 Å². The van der Waals surface area contributed by atoms with Crippen LogP contribution in [0.1, 0.15) is 39.7 Å². The number of nitrogens with one attached hydrogen (secondary N) is 1. The topological polar surface area (TPSA) is 80.1 Å². The number of rotatable bonds is 3. The number of hydrogen-bond acceptors (Lipinski definition) is 4. The molecule has 1 aliphatic heterocycles. The van der Waals surface area contributed by atoms with Crippen LogP contribution in [0, 0.1) is 0 Å². The van der Waals surface area contributed by atoms with Crippen LogP contribution in [0.5, 0.6) is 0 Å². The summed E-state index contributed by atoms with van der Waals surface area (Å²) in [6, 6.07) is 3.48. The molecule has 0 bridgehead atoms. The van der Waals surface area contributed by atoms with Crippen molar-refractivity contribution in [1.29, 1.82) is 0 Å². The summed E-state index contributed by atoms with van der Waals surface area (Å²) in [5.41, 5.74) is 0.808. The zero-order valence-electron chi connectivity index (χ0n) is 13.0. The number of imidazole rings is 1. The number of amides is 2. The van der Waals surface area contributed by atoms with Crippen molar-refractivity contribution in [3.05, 3.63) is 48.3 Å². The van der Waals surface area contributed by atoms with Crippen molar-refractivity contribution in [1.82, 2.24) is 24.8 Å². The van der Waals surface area contributed by atoms with Gasteiger partial charge in [0.15, 0.2) is 0 Å². The lowest BCUT2D eigenvalue weighted by Crippen LogP contribution is -2.40. The summed E-state index contributed by atoms with van der Waals surface area (Å²) in [4.78, 5) is 34.1. The van der Waals surface area contributed by atoms with Crippen LogP contribution in [-0.4, -0.2) is 51.4 Å². The summed E-state index contributed by atoms with van der Waals surface area (Å²) in [6.07, 6.45) is 8.93. The Morgan fingerprint density at radius 2 is 2.22 bits per heavy atom. The van der Waals surface area contributed by atoms with Gasteiger partial charge in [0, 0.05) is 38.7 Å². The van der Waals surface area contributed by atoms with E-state index in [4.69, 9.17) is 0 Å². The molecule has 3 heterocycles. The van der Waals surface area contributed by atoms with Crippen LogP contribution < -0.4 is 5.32 Å². The van der Waals surface area contributed by atoms with Crippen LogP contribution in [0.15, 0.2) is 37.1 Å². The third-order valence-electron chi connectivity index (χ3n) is 4.10. The predicted molar refractivity (Wildman–Crippen MR) is 84.0 cm³/mol. The molecule has 1 atom stereocenters. The van der Waals surface area contributed by atoms with Gasteiger partial charge in [-0.15, -0.1) is 0 Å². The number of aromatic nitrogens is 3. The number of likely N-dealkylation sites (tertiary alicyclic amines) is 1. The molecule has 120 valence electrons. The highest BCUT2D eigenvalue weighted by Crippen LogP contribution is 2.22. The van der Waals surface area contributed by atoms with Crippen molar-refractivity contribution < 1.29 is 9.59 Å². The maximum Gasteiger partial charge on any atom is 0.269 e. The molecular formula is C16H19N5O2. The van der Waals surface area contributed by atoms with E-state index in [0.717, 1.165) is 19.4 Å². The Hall–Kier alpha value is -2.70. The molecule has 7 heteroatoms. The maximum atomic E-state index is 12.6. The SMILES string of the molecule is CNC(=O)c1ccc(C(=O)N2CCCC(n3ccnc3)C2)cn1. The quantitative estimate of drug-likeness (QED) is 0.920. The third kappa shape index (κ3) is 3.23. The molecule has 1 unspecified atom stereocenters. The Labute approximate surface area is 134 Å². The predicted octanol–water partition coefficient (Wildman–Crippen LogP) is 1.12. The van der Waals surface area contributed by atoms with Crippen molar-refractivity contribution in [2.24, 2.45) is 0 Å². The van der Waals surface area contributed by atoms with Crippen LogP contribution in [0.4, 0.5) is 0 Å². The van der Waals surface area contributed by atoms with Crippen LogP contribution in [-0.2, 0) is 0 Å². The minimum absolute atomic E-state index is 0.0502. The first kappa shape index (κ1) is 15.2. The molecule has 0 aliphatic carbocycles. The molecule has 1 fully saturated rings. The third-order valence-corrected chi connectivity index (χ3v) is 4.10. The monoisotopic (exact) mass is 313 g/mol. The number of nitrogens with zero attached hydrogens (tertiary/aromatic N) is 4. The van der Waals surface area contributed by atoms with Gasteiger partial charge in [-0.1, -0.05) is 0 Å². The zero-order valence-corrected chi connectivity index (χ0v) is 13.0. The Balaban J connectivity index is 1.71. The van der Waals surface area contributed by atoms with Crippen molar-refractivity contribution in [3.63, 3.8) is 0 Å². The van der Waals surface area contributed by atoms with Crippen LogP contribution >= 0.6 is 0 Å². The first-order chi connectivity index (χ1) is 11.2. The van der Waals surface area contributed by atoms with Gasteiger partial charge in [0.2, 0.25) is 0 Å². The molecule has 1 saturated heterocycles. The second-order valence-electron chi connectivity index (χ2n) is 5.57. The molecule has 7 nitrogen and oxygen atoms in total. The second kappa shape index (κ2) is 6.60. The van der Waals surface area contributed by atoms with Crippen molar-refractivity contribution in [2.75, 3.05) is 20.1 Å². The van der Waals surface area contributed by atoms with E-state index in [9.17, 15) is 9.59 Å². The van der Waals surface area contributed by atoms with E-state index in [2.05, 4.69) is 15.3 Å². The number of hydrogen-bond donors (Lipinski definition) is 1. The highest BCUT2D eigenvalue weighted by atomic mass is 16.2. The Morgan fingerprint density at radius 3 is 2.87 bits per heavy atom. The number of pyridine rings is 1. The van der Waals surface area contributed by atoms with Gasteiger partial charge in [0.05, 0.1) is 17.9 Å². The molecule has 0 spiro atoms. The standard InChI is InChI=1S/C16H19N5O2/c1-17-15(22)14-5-4-12(9-19-14)16(23)20-7-2-3-13(10-20)21-8-6-18-11-21/h4-6,8-9,11,13H,2-3,7,10H2,1H3,(H,17,22). The van der Waals surface area contributed by atoms with Gasteiger partial charge in [-0.3, -0.25) is 14.6 Å². The van der Waals surface area contributed by atoms with Gasteiger partial charge in [-0.25, -0.2) is 4.98 Å². The van der Waals surface area contributed by atoms with E-state index in [1.54, 1.807) is 31.7 Å². The zero-order chi connectivity index (χ0) is 16.2. The number of carbonyl (C=O) groups excluding carboxylic acids is 2. The lowest BCUT2D eigenvalue weighted by Gasteiger charge is -2.33. The number of piperidine rings is 1. The highest BCUT2D eigenvalue weighted by Gasteiger charge is 2.25. The summed E-state index contributed by atoms with van der Waals surface area (Å²) >= 11 is 0. The molecule has 2 amide bonds. The highest BCUT2D eigenvalue weighted by molar-refractivity contribution is 5.96. The smallest absolute Gasteiger partial charge is 0.269 e. The van der Waals surface area contributed by atoms with E-state index in [1.165, 1.54) is 6.20 Å². The fourth-order valence-electron chi connectivity index (χ4n) is 2.83. The average Bonchev–Trinajstić information content (AvgIpc) is 3.15. The van der Waals surface area contributed by atoms with E-state index >= 15 is 0 Å². The number of carbonyl (C=O) groups is 2. The van der Waals surface area contributed by atoms with Crippen LogP contribution in [0.3, 0.4) is 0 Å². The Bertz CT molecular complexity index is 681. The minimum atomic E-state index is -0.262. The molecule has 0 aromatic carbocycles. The van der Waals surface area contributed by atoms with Crippen molar-refractivity contribution in [2.45, 2.75) is 18.9 Å². The second-order valence-corrected chi connectivity index (χ2v) is 5.57. The first-order valence-electron chi connectivity index (χ1n) is 7.64. The summed E-state index contributed by atoms with van der Waals surface area (Å²) in [7, 11) is 1.55. The molecule has 2 aromatic rings. The molecule has 0 radical (unpaired) electrons. The largest absolute Gasteiger partial charge is 0.354 e. The fourth-order valence-corrected chi connectivity index (χ4v) is 2.83. The molecular weight excluding hydrogens is 294 g/mol. The summed E-state index contributed by atoms with van der Waals surface area (Å²) in [6.45, 7) is 1.40. The van der Waals surface area contributed by atoms with E-state index in [-0.39, 0.29) is 17.9 Å². The molecule has 1 N–H and O–H groups in total. The molecule has 3 rings (SSSR count). The summed E-state index contributed by atoms with van der Waals surface area (Å²) in [5.74, 6) is -0.312.